The molecule has 4 N–H and O–H groups in total. The Morgan fingerprint density at radius 2 is 1.83 bits per heavy atom. The van der Waals surface area contributed by atoms with E-state index in [1.165, 1.54) is 35.3 Å². The smallest absolute Gasteiger partial charge is 0.151 e. The first-order valence-corrected chi connectivity index (χ1v) is 11.6. The number of hydrogen-bond acceptors (Lipinski definition) is 6. The summed E-state index contributed by atoms with van der Waals surface area (Å²) in [7, 11) is -2.99. The Labute approximate surface area is 153 Å². The third-order valence-corrected chi connectivity index (χ3v) is 6.14. The lowest BCUT2D eigenvalue weighted by Crippen LogP contribution is -2.11. The maximum atomic E-state index is 11.5. The quantitative estimate of drug-likeness (QED) is 0.446. The van der Waals surface area contributed by atoms with E-state index in [0.717, 1.165) is 17.7 Å². The third kappa shape index (κ3) is 9.34. The predicted octanol–water partition coefficient (Wildman–Crippen LogP) is 3.10. The van der Waals surface area contributed by atoms with Crippen molar-refractivity contribution in [2.45, 2.75) is 25.7 Å². The normalized spacial score (nSPS) is 12.8. The fraction of sp³-hybridized carbons (Fsp3) is 0.500. The SMILES string of the molecule is CC(=N)SC[C@H](CCS(C)(=O)=O)c1ccc(CCSC(=N)N)cc1. The van der Waals surface area contributed by atoms with Gasteiger partial charge in [-0.3, -0.25) is 10.8 Å². The molecule has 0 bridgehead atoms. The number of rotatable bonds is 9. The Morgan fingerprint density at radius 3 is 2.33 bits per heavy atom. The van der Waals surface area contributed by atoms with Crippen LogP contribution in [-0.4, -0.2) is 42.1 Å². The molecule has 134 valence electrons. The van der Waals surface area contributed by atoms with Crippen molar-refractivity contribution in [3.63, 3.8) is 0 Å². The van der Waals surface area contributed by atoms with Crippen LogP contribution in [0.15, 0.2) is 24.3 Å². The molecule has 0 spiro atoms. The molecule has 1 aromatic carbocycles. The van der Waals surface area contributed by atoms with Crippen molar-refractivity contribution < 1.29 is 8.42 Å². The van der Waals surface area contributed by atoms with Gasteiger partial charge in [0.1, 0.15) is 9.84 Å². The Hall–Kier alpha value is -0.990. The van der Waals surface area contributed by atoms with Crippen molar-refractivity contribution in [1.29, 1.82) is 10.8 Å². The average molecular weight is 388 g/mol. The van der Waals surface area contributed by atoms with E-state index in [0.29, 0.717) is 17.2 Å². The standard InChI is InChI=1S/C16H25N3O2S3/c1-12(17)23-11-15(8-10-24(2,20)21)14-5-3-13(4-6-14)7-9-22-16(18)19/h3-6,15,17H,7-11H2,1-2H3,(H3,18,19)/t15-/m0/s1. The second-order valence-electron chi connectivity index (χ2n) is 5.69. The van der Waals surface area contributed by atoms with Gasteiger partial charge in [0, 0.05) is 17.8 Å². The lowest BCUT2D eigenvalue weighted by atomic mass is 9.97. The molecule has 0 saturated carbocycles. The van der Waals surface area contributed by atoms with Gasteiger partial charge < -0.3 is 5.73 Å². The van der Waals surface area contributed by atoms with Crippen LogP contribution < -0.4 is 5.73 Å². The summed E-state index contributed by atoms with van der Waals surface area (Å²) in [6.07, 6.45) is 2.67. The molecule has 0 radical (unpaired) electrons. The predicted molar refractivity (Wildman–Crippen MR) is 107 cm³/mol. The van der Waals surface area contributed by atoms with E-state index in [2.05, 4.69) is 0 Å². The molecule has 0 unspecified atom stereocenters. The van der Waals surface area contributed by atoms with Crippen LogP contribution >= 0.6 is 23.5 Å². The zero-order valence-electron chi connectivity index (χ0n) is 14.0. The van der Waals surface area contributed by atoms with Crippen LogP contribution in [-0.2, 0) is 16.3 Å². The molecule has 0 aliphatic carbocycles. The second kappa shape index (κ2) is 10.1. The van der Waals surface area contributed by atoms with Crippen LogP contribution in [0.1, 0.15) is 30.4 Å². The van der Waals surface area contributed by atoms with E-state index >= 15 is 0 Å². The monoisotopic (exact) mass is 387 g/mol. The number of nitrogens with two attached hydrogens (primary N) is 1. The fourth-order valence-electron chi connectivity index (χ4n) is 2.16. The van der Waals surface area contributed by atoms with Gasteiger partial charge in [0.15, 0.2) is 5.17 Å². The van der Waals surface area contributed by atoms with Gasteiger partial charge >= 0.3 is 0 Å². The second-order valence-corrected chi connectivity index (χ2v) is 10.3. The summed E-state index contributed by atoms with van der Waals surface area (Å²) >= 11 is 2.78. The molecule has 24 heavy (non-hydrogen) atoms. The molecule has 0 amide bonds. The molecule has 0 aliphatic rings. The van der Waals surface area contributed by atoms with Crippen molar-refractivity contribution in [3.05, 3.63) is 35.4 Å². The minimum absolute atomic E-state index is 0.116. The van der Waals surface area contributed by atoms with Gasteiger partial charge in [0.05, 0.1) is 10.8 Å². The zero-order valence-corrected chi connectivity index (χ0v) is 16.5. The van der Waals surface area contributed by atoms with E-state index in [-0.39, 0.29) is 16.8 Å². The van der Waals surface area contributed by atoms with E-state index in [1.807, 2.05) is 24.3 Å². The van der Waals surface area contributed by atoms with Crippen molar-refractivity contribution in [1.82, 2.24) is 0 Å². The Balaban J connectivity index is 2.73. The molecule has 1 rings (SSSR count). The summed E-state index contributed by atoms with van der Waals surface area (Å²) in [6.45, 7) is 1.74. The highest BCUT2D eigenvalue weighted by atomic mass is 32.2. The summed E-state index contributed by atoms with van der Waals surface area (Å²) in [5, 5.41) is 15.4. The van der Waals surface area contributed by atoms with Crippen LogP contribution in [0.2, 0.25) is 0 Å². The molecular weight excluding hydrogens is 362 g/mol. The van der Waals surface area contributed by atoms with E-state index in [9.17, 15) is 8.42 Å². The number of sulfone groups is 1. The van der Waals surface area contributed by atoms with Gasteiger partial charge in [0.25, 0.3) is 0 Å². The first-order valence-electron chi connectivity index (χ1n) is 7.58. The van der Waals surface area contributed by atoms with Crippen molar-refractivity contribution in [2.24, 2.45) is 5.73 Å². The Kier molecular flexibility index (Phi) is 8.86. The maximum Gasteiger partial charge on any atom is 0.151 e. The fourth-order valence-corrected chi connectivity index (χ4v) is 4.24. The molecule has 1 aromatic rings. The highest BCUT2D eigenvalue weighted by molar-refractivity contribution is 8.13. The topological polar surface area (TPSA) is 108 Å². The zero-order chi connectivity index (χ0) is 18.2. The van der Waals surface area contributed by atoms with Gasteiger partial charge in [-0.15, -0.1) is 11.8 Å². The van der Waals surface area contributed by atoms with Crippen molar-refractivity contribution in [3.8, 4) is 0 Å². The minimum Gasteiger partial charge on any atom is -0.379 e. The van der Waals surface area contributed by atoms with Crippen molar-refractivity contribution >= 4 is 43.6 Å². The first kappa shape index (κ1) is 21.1. The largest absolute Gasteiger partial charge is 0.379 e. The highest BCUT2D eigenvalue weighted by Gasteiger charge is 2.15. The molecule has 0 heterocycles. The summed E-state index contributed by atoms with van der Waals surface area (Å²) in [5.41, 5.74) is 7.60. The van der Waals surface area contributed by atoms with Crippen LogP contribution in [0.25, 0.3) is 0 Å². The summed E-state index contributed by atoms with van der Waals surface area (Å²) in [6, 6.07) is 8.18. The summed E-state index contributed by atoms with van der Waals surface area (Å²) < 4.78 is 22.9. The average Bonchev–Trinajstić information content (AvgIpc) is 2.46. The van der Waals surface area contributed by atoms with Crippen LogP contribution in [0.5, 0.6) is 0 Å². The van der Waals surface area contributed by atoms with Gasteiger partial charge in [-0.2, -0.15) is 0 Å². The van der Waals surface area contributed by atoms with E-state index in [4.69, 9.17) is 16.6 Å². The van der Waals surface area contributed by atoms with E-state index in [1.54, 1.807) is 6.92 Å². The summed E-state index contributed by atoms with van der Waals surface area (Å²) in [5.74, 6) is 1.76. The van der Waals surface area contributed by atoms with Crippen molar-refractivity contribution in [2.75, 3.05) is 23.5 Å². The Bertz CT molecular complexity index is 658. The van der Waals surface area contributed by atoms with Gasteiger partial charge in [-0.25, -0.2) is 8.42 Å². The maximum absolute atomic E-state index is 11.5. The molecule has 1 atom stereocenters. The first-order chi connectivity index (χ1) is 11.2. The number of benzene rings is 1. The van der Waals surface area contributed by atoms with Gasteiger partial charge in [0.2, 0.25) is 0 Å². The number of aryl methyl sites for hydroxylation is 1. The number of amidine groups is 1. The molecule has 0 aliphatic heterocycles. The Morgan fingerprint density at radius 1 is 1.21 bits per heavy atom. The highest BCUT2D eigenvalue weighted by Crippen LogP contribution is 2.26. The van der Waals surface area contributed by atoms with E-state index < -0.39 is 9.84 Å². The van der Waals surface area contributed by atoms with Crippen LogP contribution in [0, 0.1) is 10.8 Å². The number of thioether (sulfide) groups is 2. The van der Waals surface area contributed by atoms with Crippen LogP contribution in [0.3, 0.4) is 0 Å². The lowest BCUT2D eigenvalue weighted by Gasteiger charge is -2.17. The van der Waals surface area contributed by atoms with Gasteiger partial charge in [-0.1, -0.05) is 36.0 Å². The summed E-state index contributed by atoms with van der Waals surface area (Å²) in [4.78, 5) is 0. The van der Waals surface area contributed by atoms with Crippen LogP contribution in [0.4, 0.5) is 0 Å². The number of hydrogen-bond donors (Lipinski definition) is 3. The molecule has 0 saturated heterocycles. The molecule has 5 nitrogen and oxygen atoms in total. The molecule has 0 fully saturated rings. The number of nitrogens with one attached hydrogen (secondary N) is 2. The minimum atomic E-state index is -2.99. The molecule has 8 heteroatoms. The third-order valence-electron chi connectivity index (χ3n) is 3.44. The molecule has 0 aromatic heterocycles. The molecular formula is C16H25N3O2S3. The van der Waals surface area contributed by atoms with Gasteiger partial charge in [-0.05, 0) is 36.8 Å². The lowest BCUT2D eigenvalue weighted by molar-refractivity contribution is 0.594.